The molecule has 0 aliphatic rings. The van der Waals surface area contributed by atoms with Gasteiger partial charge in [-0.25, -0.2) is 0 Å². The van der Waals surface area contributed by atoms with Crippen molar-refractivity contribution in [2.45, 2.75) is 17.2 Å². The van der Waals surface area contributed by atoms with Crippen molar-refractivity contribution in [2.75, 3.05) is 0 Å². The molecule has 0 aliphatic carbocycles. The van der Waals surface area contributed by atoms with Gasteiger partial charge in [0.2, 0.25) is 0 Å². The summed E-state index contributed by atoms with van der Waals surface area (Å²) in [5.41, 5.74) is -0.328. The second-order valence-electron chi connectivity index (χ2n) is 3.63. The minimum atomic E-state index is -5.45. The van der Waals surface area contributed by atoms with E-state index in [0.717, 1.165) is 12.1 Å². The maximum atomic E-state index is 12.5. The number of hydrogen-bond donors (Lipinski definition) is 0. The molecular weight excluding hydrogens is 385 g/mol. The highest BCUT2D eigenvalue weighted by atomic mass is 79.9. The first-order valence-electron chi connectivity index (χ1n) is 4.67. The Kier molecular flexibility index (Phi) is 5.07. The van der Waals surface area contributed by atoms with Crippen LogP contribution in [0.3, 0.4) is 0 Å². The van der Waals surface area contributed by atoms with Crippen molar-refractivity contribution in [1.29, 1.82) is 0 Å². The van der Waals surface area contributed by atoms with E-state index in [1.807, 2.05) is 0 Å². The summed E-state index contributed by atoms with van der Waals surface area (Å²) in [5.74, 6) is -3.56. The molecule has 0 aromatic heterocycles. The predicted octanol–water partition coefficient (Wildman–Crippen LogP) is 6.17. The summed E-state index contributed by atoms with van der Waals surface area (Å²) < 4.78 is 75.3. The summed E-state index contributed by atoms with van der Waals surface area (Å²) >= 11 is 13.6. The molecular formula is C10H5BrCl2F6. The predicted molar refractivity (Wildman–Crippen MR) is 63.7 cm³/mol. The zero-order valence-corrected chi connectivity index (χ0v) is 11.9. The van der Waals surface area contributed by atoms with Gasteiger partial charge in [-0.1, -0.05) is 45.2 Å². The fraction of sp³-hybridized carbons (Fsp3) is 0.400. The molecule has 19 heavy (non-hydrogen) atoms. The van der Waals surface area contributed by atoms with Crippen molar-refractivity contribution < 1.29 is 26.3 Å². The van der Waals surface area contributed by atoms with E-state index in [-0.39, 0.29) is 15.6 Å². The van der Waals surface area contributed by atoms with Crippen LogP contribution in [0.2, 0.25) is 10.0 Å². The van der Waals surface area contributed by atoms with E-state index in [4.69, 9.17) is 23.2 Å². The standard InChI is InChI=1S/C10H5BrCl2F6/c11-7(5-2-1-4(12)3-6(5)13)8(9(14,15)16)10(17,18)19/h1-3,7-8H. The third-order valence-corrected chi connectivity index (χ3v) is 3.84. The van der Waals surface area contributed by atoms with E-state index in [2.05, 4.69) is 15.9 Å². The first-order valence-corrected chi connectivity index (χ1v) is 6.34. The maximum Gasteiger partial charge on any atom is 0.401 e. The Morgan fingerprint density at radius 1 is 0.947 bits per heavy atom. The van der Waals surface area contributed by atoms with Crippen LogP contribution >= 0.6 is 39.1 Å². The second kappa shape index (κ2) is 5.69. The zero-order valence-electron chi connectivity index (χ0n) is 8.79. The summed E-state index contributed by atoms with van der Waals surface area (Å²) in [6.07, 6.45) is -10.9. The highest BCUT2D eigenvalue weighted by Crippen LogP contribution is 2.51. The molecule has 0 spiro atoms. The average Bonchev–Trinajstić information content (AvgIpc) is 2.11. The van der Waals surface area contributed by atoms with Crippen LogP contribution in [0, 0.1) is 5.92 Å². The summed E-state index contributed by atoms with van der Waals surface area (Å²) in [4.78, 5) is -2.04. The Hall–Kier alpha value is -0.140. The van der Waals surface area contributed by atoms with E-state index in [1.165, 1.54) is 6.07 Å². The van der Waals surface area contributed by atoms with Gasteiger partial charge in [0.05, 0.1) is 4.83 Å². The number of alkyl halides is 7. The Morgan fingerprint density at radius 2 is 1.42 bits per heavy atom. The molecule has 9 heteroatoms. The molecule has 0 N–H and O–H groups in total. The number of hydrogen-bond acceptors (Lipinski definition) is 0. The van der Waals surface area contributed by atoms with Crippen molar-refractivity contribution in [1.82, 2.24) is 0 Å². The molecule has 0 bridgehead atoms. The van der Waals surface area contributed by atoms with Crippen molar-refractivity contribution in [3.63, 3.8) is 0 Å². The molecule has 0 nitrogen and oxygen atoms in total. The molecule has 1 aromatic rings. The molecule has 0 fully saturated rings. The maximum absolute atomic E-state index is 12.5. The van der Waals surface area contributed by atoms with Gasteiger partial charge in [0.1, 0.15) is 0 Å². The van der Waals surface area contributed by atoms with Gasteiger partial charge in [-0.15, -0.1) is 0 Å². The number of benzene rings is 1. The lowest BCUT2D eigenvalue weighted by Gasteiger charge is -2.27. The topological polar surface area (TPSA) is 0 Å². The summed E-state index contributed by atoms with van der Waals surface area (Å²) in [6.45, 7) is 0. The molecule has 0 heterocycles. The van der Waals surface area contributed by atoms with E-state index in [1.54, 1.807) is 0 Å². The molecule has 108 valence electrons. The van der Waals surface area contributed by atoms with Crippen molar-refractivity contribution in [3.8, 4) is 0 Å². The quantitative estimate of drug-likeness (QED) is 0.419. The molecule has 1 atom stereocenters. The Morgan fingerprint density at radius 3 is 1.79 bits per heavy atom. The molecule has 1 rings (SSSR count). The number of halogens is 9. The van der Waals surface area contributed by atoms with E-state index < -0.39 is 23.1 Å². The Balaban J connectivity index is 3.24. The van der Waals surface area contributed by atoms with Gasteiger partial charge in [-0.2, -0.15) is 26.3 Å². The van der Waals surface area contributed by atoms with Gasteiger partial charge >= 0.3 is 12.4 Å². The lowest BCUT2D eigenvalue weighted by atomic mass is 9.98. The first-order chi connectivity index (χ1) is 8.44. The summed E-state index contributed by atoms with van der Waals surface area (Å²) in [7, 11) is 0. The first kappa shape index (κ1) is 16.9. The van der Waals surface area contributed by atoms with Gasteiger partial charge in [0.25, 0.3) is 0 Å². The normalized spacial score (nSPS) is 14.8. The van der Waals surface area contributed by atoms with E-state index in [9.17, 15) is 26.3 Å². The van der Waals surface area contributed by atoms with Gasteiger partial charge in [-0.05, 0) is 17.7 Å². The lowest BCUT2D eigenvalue weighted by Crippen LogP contribution is -2.39. The molecule has 0 radical (unpaired) electrons. The van der Waals surface area contributed by atoms with Crippen LogP contribution in [0.15, 0.2) is 18.2 Å². The largest absolute Gasteiger partial charge is 0.401 e. The Labute approximate surface area is 122 Å². The van der Waals surface area contributed by atoms with E-state index >= 15 is 0 Å². The van der Waals surface area contributed by atoms with Crippen LogP contribution < -0.4 is 0 Å². The molecule has 1 aromatic carbocycles. The van der Waals surface area contributed by atoms with Crippen molar-refractivity contribution >= 4 is 39.1 Å². The van der Waals surface area contributed by atoms with Crippen LogP contribution in [0.5, 0.6) is 0 Å². The monoisotopic (exact) mass is 388 g/mol. The van der Waals surface area contributed by atoms with Crippen LogP contribution in [-0.4, -0.2) is 12.4 Å². The molecule has 0 aliphatic heterocycles. The van der Waals surface area contributed by atoms with E-state index in [0.29, 0.717) is 0 Å². The summed E-state index contributed by atoms with van der Waals surface area (Å²) in [6, 6.07) is 3.27. The molecule has 0 saturated heterocycles. The van der Waals surface area contributed by atoms with Crippen LogP contribution in [-0.2, 0) is 0 Å². The minimum Gasteiger partial charge on any atom is -0.170 e. The highest BCUT2D eigenvalue weighted by molar-refractivity contribution is 9.09. The zero-order chi connectivity index (χ0) is 15.0. The number of rotatable bonds is 2. The minimum absolute atomic E-state index is 0.115. The van der Waals surface area contributed by atoms with Crippen LogP contribution in [0.25, 0.3) is 0 Å². The van der Waals surface area contributed by atoms with Gasteiger partial charge in [0.15, 0.2) is 5.92 Å². The fourth-order valence-corrected chi connectivity index (χ4v) is 3.08. The highest BCUT2D eigenvalue weighted by Gasteiger charge is 2.60. The molecule has 0 saturated carbocycles. The molecule has 0 amide bonds. The summed E-state index contributed by atoms with van der Waals surface area (Å²) in [5, 5.41) is -0.156. The van der Waals surface area contributed by atoms with Gasteiger partial charge < -0.3 is 0 Å². The van der Waals surface area contributed by atoms with Gasteiger partial charge in [0, 0.05) is 10.0 Å². The average molecular weight is 390 g/mol. The Bertz CT molecular complexity index is 442. The molecule has 1 unspecified atom stereocenters. The smallest absolute Gasteiger partial charge is 0.170 e. The SMILES string of the molecule is FC(F)(F)C(C(Br)c1ccc(Cl)cc1Cl)C(F)(F)F. The third-order valence-electron chi connectivity index (χ3n) is 2.26. The second-order valence-corrected chi connectivity index (χ2v) is 5.46. The van der Waals surface area contributed by atoms with Gasteiger partial charge in [-0.3, -0.25) is 0 Å². The fourth-order valence-electron chi connectivity index (χ4n) is 1.42. The van der Waals surface area contributed by atoms with Crippen molar-refractivity contribution in [3.05, 3.63) is 33.8 Å². The third kappa shape index (κ3) is 4.16. The lowest BCUT2D eigenvalue weighted by molar-refractivity contribution is -0.283. The van der Waals surface area contributed by atoms with Crippen LogP contribution in [0.1, 0.15) is 10.4 Å². The van der Waals surface area contributed by atoms with Crippen molar-refractivity contribution in [2.24, 2.45) is 5.92 Å². The van der Waals surface area contributed by atoms with Crippen LogP contribution in [0.4, 0.5) is 26.3 Å².